The van der Waals surface area contributed by atoms with E-state index in [-0.39, 0.29) is 17.7 Å². The van der Waals surface area contributed by atoms with Crippen LogP contribution >= 0.6 is 0 Å². The van der Waals surface area contributed by atoms with E-state index < -0.39 is 0 Å². The highest BCUT2D eigenvalue weighted by Crippen LogP contribution is 2.43. The molecule has 0 saturated carbocycles. The molecule has 0 aliphatic carbocycles. The number of rotatable bonds is 2. The summed E-state index contributed by atoms with van der Waals surface area (Å²) in [5.74, 6) is 0.394. The van der Waals surface area contributed by atoms with Crippen molar-refractivity contribution in [1.82, 2.24) is 0 Å². The fraction of sp³-hybridized carbons (Fsp3) is 0.929. The molecule has 98 valence electrons. The largest absolute Gasteiger partial charge is 0.463 e. The first-order valence-electron chi connectivity index (χ1n) is 6.87. The topological polar surface area (TPSA) is 35.5 Å². The van der Waals surface area contributed by atoms with E-state index in [1.165, 1.54) is 19.8 Å². The van der Waals surface area contributed by atoms with Crippen molar-refractivity contribution in [3.05, 3.63) is 0 Å². The van der Waals surface area contributed by atoms with Crippen LogP contribution in [-0.2, 0) is 14.3 Å². The van der Waals surface area contributed by atoms with Crippen LogP contribution in [0.2, 0.25) is 0 Å². The second-order valence-corrected chi connectivity index (χ2v) is 5.85. The molecule has 2 heterocycles. The van der Waals surface area contributed by atoms with Crippen LogP contribution in [-0.4, -0.2) is 23.8 Å². The third-order valence-corrected chi connectivity index (χ3v) is 4.38. The van der Waals surface area contributed by atoms with Crippen LogP contribution in [0.3, 0.4) is 0 Å². The van der Waals surface area contributed by atoms with Crippen LogP contribution in [0.1, 0.15) is 59.3 Å². The minimum atomic E-state index is -0.151. The maximum absolute atomic E-state index is 11.0. The van der Waals surface area contributed by atoms with Crippen LogP contribution in [0.4, 0.5) is 0 Å². The minimum Gasteiger partial charge on any atom is -0.463 e. The van der Waals surface area contributed by atoms with Crippen LogP contribution in [0.15, 0.2) is 0 Å². The molecular formula is C14H24O3. The van der Waals surface area contributed by atoms with Gasteiger partial charge in [0.2, 0.25) is 0 Å². The quantitative estimate of drug-likeness (QED) is 0.696. The average Bonchev–Trinajstić information content (AvgIpc) is 2.66. The van der Waals surface area contributed by atoms with E-state index in [9.17, 15) is 4.79 Å². The van der Waals surface area contributed by atoms with Crippen molar-refractivity contribution in [2.24, 2.45) is 5.92 Å². The molecule has 2 fully saturated rings. The molecule has 0 aromatic heterocycles. The summed E-state index contributed by atoms with van der Waals surface area (Å²) in [6, 6.07) is 0. The van der Waals surface area contributed by atoms with Gasteiger partial charge in [0.15, 0.2) is 0 Å². The number of hydrogen-bond donors (Lipinski definition) is 0. The van der Waals surface area contributed by atoms with Gasteiger partial charge in [0.05, 0.1) is 11.7 Å². The third-order valence-electron chi connectivity index (χ3n) is 4.38. The van der Waals surface area contributed by atoms with E-state index in [1.807, 2.05) is 0 Å². The first-order valence-corrected chi connectivity index (χ1v) is 6.87. The molecule has 2 aliphatic heterocycles. The number of fused-ring (bicyclic) bond motifs is 2. The van der Waals surface area contributed by atoms with E-state index in [4.69, 9.17) is 9.47 Å². The maximum Gasteiger partial charge on any atom is 0.302 e. The van der Waals surface area contributed by atoms with Crippen molar-refractivity contribution in [2.75, 3.05) is 0 Å². The van der Waals surface area contributed by atoms with Gasteiger partial charge >= 0.3 is 5.97 Å². The van der Waals surface area contributed by atoms with Gasteiger partial charge < -0.3 is 9.47 Å². The lowest BCUT2D eigenvalue weighted by atomic mass is 9.83. The highest BCUT2D eigenvalue weighted by Gasteiger charge is 2.44. The number of hydrogen-bond acceptors (Lipinski definition) is 3. The molecule has 0 radical (unpaired) electrons. The first kappa shape index (κ1) is 12.9. The zero-order chi connectivity index (χ0) is 12.5. The van der Waals surface area contributed by atoms with Crippen molar-refractivity contribution in [3.63, 3.8) is 0 Å². The van der Waals surface area contributed by atoms with Gasteiger partial charge in [-0.2, -0.15) is 0 Å². The monoisotopic (exact) mass is 240 g/mol. The summed E-state index contributed by atoms with van der Waals surface area (Å²) >= 11 is 0. The second-order valence-electron chi connectivity index (χ2n) is 5.85. The molecule has 0 aromatic carbocycles. The molecule has 0 spiro atoms. The van der Waals surface area contributed by atoms with Crippen molar-refractivity contribution in [3.8, 4) is 0 Å². The SMILES string of the molecule is CC(=O)O[C@H]1CC[C@H]2CC[C@@](C(C)C)(CC1)O2. The Labute approximate surface area is 104 Å². The number of esters is 1. The molecule has 0 N–H and O–H groups in total. The Morgan fingerprint density at radius 1 is 1.24 bits per heavy atom. The standard InChI is InChI=1S/C14H24O3/c1-10(2)14-8-6-12(16-11(3)15)4-5-13(17-14)7-9-14/h10,12-13H,4-9H2,1-3H3/t12-,13-,14+/m0/s1. The van der Waals surface area contributed by atoms with Gasteiger partial charge in [-0.1, -0.05) is 13.8 Å². The molecule has 2 rings (SSSR count). The summed E-state index contributed by atoms with van der Waals surface area (Å²) in [6.07, 6.45) is 6.80. The number of ether oxygens (including phenoxy) is 2. The predicted octanol–water partition coefficient (Wildman–Crippen LogP) is 3.07. The van der Waals surface area contributed by atoms with Gasteiger partial charge in [-0.05, 0) is 44.4 Å². The smallest absolute Gasteiger partial charge is 0.302 e. The van der Waals surface area contributed by atoms with Crippen molar-refractivity contribution < 1.29 is 14.3 Å². The van der Waals surface area contributed by atoms with E-state index in [0.29, 0.717) is 12.0 Å². The highest BCUT2D eigenvalue weighted by atomic mass is 16.5. The van der Waals surface area contributed by atoms with Gasteiger partial charge in [0, 0.05) is 6.92 Å². The Kier molecular flexibility index (Phi) is 3.76. The van der Waals surface area contributed by atoms with Gasteiger partial charge in [0.1, 0.15) is 6.10 Å². The second kappa shape index (κ2) is 4.97. The van der Waals surface area contributed by atoms with Crippen LogP contribution in [0.25, 0.3) is 0 Å². The minimum absolute atomic E-state index is 0.0451. The first-order chi connectivity index (χ1) is 8.02. The Bertz CT molecular complexity index is 287. The van der Waals surface area contributed by atoms with Gasteiger partial charge in [-0.3, -0.25) is 4.79 Å². The van der Waals surface area contributed by atoms with Crippen LogP contribution in [0, 0.1) is 5.92 Å². The fourth-order valence-electron chi connectivity index (χ4n) is 3.23. The molecule has 3 heteroatoms. The van der Waals surface area contributed by atoms with Crippen molar-refractivity contribution in [1.29, 1.82) is 0 Å². The molecule has 3 nitrogen and oxygen atoms in total. The molecule has 17 heavy (non-hydrogen) atoms. The summed E-state index contributed by atoms with van der Waals surface area (Å²) in [6.45, 7) is 5.98. The van der Waals surface area contributed by atoms with Crippen LogP contribution < -0.4 is 0 Å². The van der Waals surface area contributed by atoms with Gasteiger partial charge in [-0.25, -0.2) is 0 Å². The number of carbonyl (C=O) groups is 1. The Balaban J connectivity index is 2.02. The zero-order valence-electron chi connectivity index (χ0n) is 11.2. The van der Waals surface area contributed by atoms with E-state index in [1.54, 1.807) is 0 Å². The molecule has 2 saturated heterocycles. The summed E-state index contributed by atoms with van der Waals surface area (Å²) in [4.78, 5) is 11.0. The summed E-state index contributed by atoms with van der Waals surface area (Å²) in [5.41, 5.74) is 0.0451. The fourth-order valence-corrected chi connectivity index (χ4v) is 3.23. The Morgan fingerprint density at radius 2 is 1.94 bits per heavy atom. The van der Waals surface area contributed by atoms with Gasteiger partial charge in [-0.15, -0.1) is 0 Å². The zero-order valence-corrected chi connectivity index (χ0v) is 11.2. The predicted molar refractivity (Wildman–Crippen MR) is 65.7 cm³/mol. The molecule has 2 bridgehead atoms. The number of carbonyl (C=O) groups excluding carboxylic acids is 1. The van der Waals surface area contributed by atoms with Crippen molar-refractivity contribution in [2.45, 2.75) is 77.1 Å². The molecule has 0 amide bonds. The lowest BCUT2D eigenvalue weighted by Gasteiger charge is -2.36. The third kappa shape index (κ3) is 2.82. The highest BCUT2D eigenvalue weighted by molar-refractivity contribution is 5.66. The molecule has 3 atom stereocenters. The average molecular weight is 240 g/mol. The normalized spacial score (nSPS) is 37.6. The molecule has 2 aliphatic rings. The van der Waals surface area contributed by atoms with E-state index in [0.717, 1.165) is 25.7 Å². The van der Waals surface area contributed by atoms with E-state index in [2.05, 4.69) is 13.8 Å². The Morgan fingerprint density at radius 3 is 2.59 bits per heavy atom. The van der Waals surface area contributed by atoms with Gasteiger partial charge in [0.25, 0.3) is 0 Å². The Hall–Kier alpha value is -0.570. The summed E-state index contributed by atoms with van der Waals surface area (Å²) in [5, 5.41) is 0. The molecule has 0 aromatic rings. The summed E-state index contributed by atoms with van der Waals surface area (Å²) in [7, 11) is 0. The summed E-state index contributed by atoms with van der Waals surface area (Å²) < 4.78 is 11.6. The molecule has 0 unspecified atom stereocenters. The molecular weight excluding hydrogens is 216 g/mol. The lowest BCUT2D eigenvalue weighted by molar-refractivity contribution is -0.151. The lowest BCUT2D eigenvalue weighted by Crippen LogP contribution is -2.38. The van der Waals surface area contributed by atoms with E-state index >= 15 is 0 Å². The van der Waals surface area contributed by atoms with Crippen LogP contribution in [0.5, 0.6) is 0 Å². The van der Waals surface area contributed by atoms with Crippen molar-refractivity contribution >= 4 is 5.97 Å². The maximum atomic E-state index is 11.0.